The van der Waals surface area contributed by atoms with Crippen LogP contribution in [-0.4, -0.2) is 25.4 Å². The first-order valence-corrected chi connectivity index (χ1v) is 7.71. The average Bonchev–Trinajstić information content (AvgIpc) is 3.01. The van der Waals surface area contributed by atoms with Crippen LogP contribution < -0.4 is 9.47 Å². The summed E-state index contributed by atoms with van der Waals surface area (Å²) in [6, 6.07) is 14.8. The molecule has 0 atom stereocenters. The summed E-state index contributed by atoms with van der Waals surface area (Å²) >= 11 is 0. The zero-order chi connectivity index (χ0) is 17.6. The van der Waals surface area contributed by atoms with Gasteiger partial charge in [-0.25, -0.2) is 4.79 Å². The Morgan fingerprint density at radius 3 is 2.68 bits per heavy atom. The van der Waals surface area contributed by atoms with Crippen molar-refractivity contribution in [2.45, 2.75) is 0 Å². The van der Waals surface area contributed by atoms with E-state index in [0.717, 1.165) is 11.1 Å². The first-order chi connectivity index (χ1) is 12.2. The number of hydrogen-bond acceptors (Lipinski definition) is 5. The van der Waals surface area contributed by atoms with Gasteiger partial charge in [-0.1, -0.05) is 54.2 Å². The highest BCUT2D eigenvalue weighted by Crippen LogP contribution is 2.30. The fourth-order valence-corrected chi connectivity index (χ4v) is 2.42. The molecule has 0 N–H and O–H groups in total. The van der Waals surface area contributed by atoms with Crippen LogP contribution in [0, 0.1) is 0 Å². The molecule has 1 heterocycles. The maximum atomic E-state index is 12.1. The molecule has 0 aliphatic carbocycles. The van der Waals surface area contributed by atoms with Crippen LogP contribution in [0.25, 0.3) is 6.08 Å². The van der Waals surface area contributed by atoms with Crippen molar-refractivity contribution < 1.29 is 19.1 Å². The molecular weight excluding hydrogens is 318 g/mol. The first-order valence-electron chi connectivity index (χ1n) is 7.71. The largest absolute Gasteiger partial charge is 0.493 e. The lowest BCUT2D eigenvalue weighted by atomic mass is 10.0. The van der Waals surface area contributed by atoms with Crippen molar-refractivity contribution in [2.24, 2.45) is 5.16 Å². The van der Waals surface area contributed by atoms with E-state index in [9.17, 15) is 4.79 Å². The van der Waals surface area contributed by atoms with Crippen molar-refractivity contribution in [2.75, 3.05) is 13.7 Å². The first kappa shape index (κ1) is 16.5. The predicted octanol–water partition coefficient (Wildman–Crippen LogP) is 3.60. The number of hydrogen-bond donors (Lipinski definition) is 0. The summed E-state index contributed by atoms with van der Waals surface area (Å²) < 4.78 is 10.9. The molecule has 0 fully saturated rings. The maximum Gasteiger partial charge on any atom is 0.368 e. The fourth-order valence-electron chi connectivity index (χ4n) is 2.42. The van der Waals surface area contributed by atoms with E-state index < -0.39 is 5.97 Å². The topological polar surface area (TPSA) is 57.1 Å². The molecule has 5 heteroatoms. The Kier molecular flexibility index (Phi) is 4.95. The number of methoxy groups -OCH3 is 1. The Bertz CT molecular complexity index is 853. The summed E-state index contributed by atoms with van der Waals surface area (Å²) in [7, 11) is 1.56. The lowest BCUT2D eigenvalue weighted by Gasteiger charge is -2.10. The lowest BCUT2D eigenvalue weighted by Crippen LogP contribution is -2.06. The second-order valence-corrected chi connectivity index (χ2v) is 5.25. The standard InChI is InChI=1S/C20H17NO4/c1-3-11-24-17-10-9-14(13-18(17)23-2)12-16-19(21-25-20(16)22)15-7-5-4-6-8-15/h3-10,12-13H,1,11H2,2H3/b16-12-. The average molecular weight is 335 g/mol. The summed E-state index contributed by atoms with van der Waals surface area (Å²) in [6.07, 6.45) is 3.38. The van der Waals surface area contributed by atoms with Crippen LogP contribution in [0.1, 0.15) is 11.1 Å². The molecule has 0 radical (unpaired) electrons. The second kappa shape index (κ2) is 7.49. The van der Waals surface area contributed by atoms with Gasteiger partial charge in [0.1, 0.15) is 12.3 Å². The Morgan fingerprint density at radius 2 is 1.96 bits per heavy atom. The number of nitrogens with zero attached hydrogens (tertiary/aromatic N) is 1. The summed E-state index contributed by atoms with van der Waals surface area (Å²) in [4.78, 5) is 16.9. The van der Waals surface area contributed by atoms with Gasteiger partial charge in [0.05, 0.1) is 12.7 Å². The highest BCUT2D eigenvalue weighted by Gasteiger charge is 2.26. The van der Waals surface area contributed by atoms with Crippen molar-refractivity contribution >= 4 is 17.8 Å². The van der Waals surface area contributed by atoms with Gasteiger partial charge in [-0.05, 0) is 23.8 Å². The molecule has 0 amide bonds. The third-order valence-electron chi connectivity index (χ3n) is 3.60. The van der Waals surface area contributed by atoms with Gasteiger partial charge in [0.15, 0.2) is 11.5 Å². The molecule has 0 unspecified atom stereocenters. The molecule has 0 spiro atoms. The third kappa shape index (κ3) is 3.61. The zero-order valence-electron chi connectivity index (χ0n) is 13.8. The molecule has 5 nitrogen and oxygen atoms in total. The third-order valence-corrected chi connectivity index (χ3v) is 3.60. The van der Waals surface area contributed by atoms with Crippen molar-refractivity contribution in [1.29, 1.82) is 0 Å². The second-order valence-electron chi connectivity index (χ2n) is 5.25. The monoisotopic (exact) mass is 335 g/mol. The predicted molar refractivity (Wildman–Crippen MR) is 95.7 cm³/mol. The molecule has 3 rings (SSSR count). The van der Waals surface area contributed by atoms with Crippen LogP contribution in [0.3, 0.4) is 0 Å². The smallest absolute Gasteiger partial charge is 0.368 e. The van der Waals surface area contributed by atoms with E-state index >= 15 is 0 Å². The van der Waals surface area contributed by atoms with Crippen LogP contribution in [0.2, 0.25) is 0 Å². The van der Waals surface area contributed by atoms with Gasteiger partial charge in [-0.3, -0.25) is 0 Å². The summed E-state index contributed by atoms with van der Waals surface area (Å²) in [5, 5.41) is 3.90. The van der Waals surface area contributed by atoms with Gasteiger partial charge in [-0.2, -0.15) is 0 Å². The van der Waals surface area contributed by atoms with Crippen molar-refractivity contribution in [3.8, 4) is 11.5 Å². The quantitative estimate of drug-likeness (QED) is 0.460. The van der Waals surface area contributed by atoms with E-state index in [2.05, 4.69) is 11.7 Å². The van der Waals surface area contributed by atoms with Gasteiger partial charge in [0.2, 0.25) is 0 Å². The Labute approximate surface area is 145 Å². The number of rotatable bonds is 6. The molecule has 0 aromatic heterocycles. The maximum absolute atomic E-state index is 12.1. The van der Waals surface area contributed by atoms with E-state index in [0.29, 0.717) is 29.4 Å². The van der Waals surface area contributed by atoms with E-state index in [1.807, 2.05) is 36.4 Å². The van der Waals surface area contributed by atoms with Crippen LogP contribution in [-0.2, 0) is 9.63 Å². The van der Waals surface area contributed by atoms with Crippen LogP contribution >= 0.6 is 0 Å². The molecule has 0 bridgehead atoms. The molecule has 1 aliphatic rings. The number of oxime groups is 1. The Morgan fingerprint density at radius 1 is 1.16 bits per heavy atom. The SMILES string of the molecule is C=CCOc1ccc(/C=C2\C(=O)ON=C2c2ccccc2)cc1OC. The minimum atomic E-state index is -0.482. The molecule has 2 aromatic rings. The number of benzene rings is 2. The highest BCUT2D eigenvalue weighted by molar-refractivity contribution is 6.31. The van der Waals surface area contributed by atoms with Crippen LogP contribution in [0.15, 0.2) is 71.9 Å². The molecule has 2 aromatic carbocycles. The fraction of sp³-hybridized carbons (Fsp3) is 0.100. The molecule has 0 saturated carbocycles. The Balaban J connectivity index is 1.94. The van der Waals surface area contributed by atoms with E-state index in [4.69, 9.17) is 14.3 Å². The van der Waals surface area contributed by atoms with Crippen LogP contribution in [0.5, 0.6) is 11.5 Å². The molecule has 0 saturated heterocycles. The summed E-state index contributed by atoms with van der Waals surface area (Å²) in [6.45, 7) is 4.01. The van der Waals surface area contributed by atoms with Crippen LogP contribution in [0.4, 0.5) is 0 Å². The van der Waals surface area contributed by atoms with Crippen molar-refractivity contribution in [1.82, 2.24) is 0 Å². The molecule has 25 heavy (non-hydrogen) atoms. The van der Waals surface area contributed by atoms with Crippen molar-refractivity contribution in [3.05, 3.63) is 77.9 Å². The summed E-state index contributed by atoms with van der Waals surface area (Å²) in [5.74, 6) is 0.695. The van der Waals surface area contributed by atoms with Gasteiger partial charge in [0.25, 0.3) is 0 Å². The normalized spacial score (nSPS) is 14.8. The lowest BCUT2D eigenvalue weighted by molar-refractivity contribution is -0.136. The number of ether oxygens (including phenoxy) is 2. The summed E-state index contributed by atoms with van der Waals surface area (Å²) in [5.41, 5.74) is 2.50. The van der Waals surface area contributed by atoms with Crippen molar-refractivity contribution in [3.63, 3.8) is 0 Å². The van der Waals surface area contributed by atoms with E-state index in [1.54, 1.807) is 31.4 Å². The zero-order valence-corrected chi connectivity index (χ0v) is 13.8. The molecule has 1 aliphatic heterocycles. The highest BCUT2D eigenvalue weighted by atomic mass is 16.7. The number of carbonyl (C=O) groups is 1. The molecule has 126 valence electrons. The van der Waals surface area contributed by atoms with Gasteiger partial charge in [0, 0.05) is 5.56 Å². The minimum absolute atomic E-state index is 0.383. The van der Waals surface area contributed by atoms with Gasteiger partial charge < -0.3 is 14.3 Å². The van der Waals surface area contributed by atoms with Gasteiger partial charge >= 0.3 is 5.97 Å². The van der Waals surface area contributed by atoms with E-state index in [1.165, 1.54) is 0 Å². The Hall–Kier alpha value is -3.34. The number of carbonyl (C=O) groups excluding carboxylic acids is 1. The molecular formula is C20H17NO4. The van der Waals surface area contributed by atoms with E-state index in [-0.39, 0.29) is 0 Å². The minimum Gasteiger partial charge on any atom is -0.493 e. The van der Waals surface area contributed by atoms with Gasteiger partial charge in [-0.15, -0.1) is 0 Å².